The average Bonchev–Trinajstić information content (AvgIpc) is 2.37. The van der Waals surface area contributed by atoms with E-state index in [2.05, 4.69) is 0 Å². The number of benzene rings is 1. The van der Waals surface area contributed by atoms with Crippen molar-refractivity contribution in [1.82, 2.24) is 5.06 Å². The van der Waals surface area contributed by atoms with Crippen molar-refractivity contribution in [3.05, 3.63) is 29.8 Å². The van der Waals surface area contributed by atoms with Gasteiger partial charge in [-0.15, -0.1) is 0 Å². The SMILES string of the molecule is CON(C)C(=O)C(N)Cc1cccc(S(=O)[O-])c1. The zero-order valence-corrected chi connectivity index (χ0v) is 11.0. The maximum atomic E-state index is 11.7. The van der Waals surface area contributed by atoms with Crippen molar-refractivity contribution < 1.29 is 18.4 Å². The van der Waals surface area contributed by atoms with Gasteiger partial charge < -0.3 is 10.3 Å². The summed E-state index contributed by atoms with van der Waals surface area (Å²) in [6.45, 7) is 0. The van der Waals surface area contributed by atoms with Crippen molar-refractivity contribution in [2.75, 3.05) is 14.2 Å². The summed E-state index contributed by atoms with van der Waals surface area (Å²) < 4.78 is 21.6. The molecule has 0 aromatic heterocycles. The van der Waals surface area contributed by atoms with Gasteiger partial charge in [-0.2, -0.15) is 0 Å². The minimum absolute atomic E-state index is 0.173. The molecule has 1 rings (SSSR count). The summed E-state index contributed by atoms with van der Waals surface area (Å²) in [5.41, 5.74) is 6.41. The molecule has 1 amide bonds. The molecule has 0 bridgehead atoms. The molecule has 0 saturated heterocycles. The van der Waals surface area contributed by atoms with Gasteiger partial charge in [0, 0.05) is 11.9 Å². The largest absolute Gasteiger partial charge is 0.768 e. The number of hydrogen-bond acceptors (Lipinski definition) is 5. The summed E-state index contributed by atoms with van der Waals surface area (Å²) in [7, 11) is 2.83. The maximum absolute atomic E-state index is 11.7. The van der Waals surface area contributed by atoms with Crippen LogP contribution in [0.25, 0.3) is 0 Å². The van der Waals surface area contributed by atoms with E-state index in [0.717, 1.165) is 5.06 Å². The highest BCUT2D eigenvalue weighted by atomic mass is 32.2. The molecule has 0 saturated carbocycles. The Morgan fingerprint density at radius 3 is 2.83 bits per heavy atom. The third kappa shape index (κ3) is 3.88. The molecule has 2 atom stereocenters. The van der Waals surface area contributed by atoms with Crippen molar-refractivity contribution in [1.29, 1.82) is 0 Å². The lowest BCUT2D eigenvalue weighted by atomic mass is 10.1. The Morgan fingerprint density at radius 1 is 1.61 bits per heavy atom. The first kappa shape index (κ1) is 14.8. The number of nitrogens with two attached hydrogens (primary N) is 1. The third-order valence-corrected chi connectivity index (χ3v) is 3.09. The van der Waals surface area contributed by atoms with E-state index in [4.69, 9.17) is 10.6 Å². The molecule has 18 heavy (non-hydrogen) atoms. The minimum atomic E-state index is -2.29. The molecule has 100 valence electrons. The van der Waals surface area contributed by atoms with Crippen LogP contribution < -0.4 is 5.73 Å². The quantitative estimate of drug-likeness (QED) is 0.591. The van der Waals surface area contributed by atoms with E-state index in [9.17, 15) is 13.6 Å². The summed E-state index contributed by atoms with van der Waals surface area (Å²) in [6, 6.07) is 5.52. The van der Waals surface area contributed by atoms with Gasteiger partial charge in [0.25, 0.3) is 5.91 Å². The van der Waals surface area contributed by atoms with Gasteiger partial charge >= 0.3 is 0 Å². The van der Waals surface area contributed by atoms with Crippen LogP contribution >= 0.6 is 0 Å². The van der Waals surface area contributed by atoms with Gasteiger partial charge in [-0.25, -0.2) is 5.06 Å². The number of nitrogens with zero attached hydrogens (tertiary/aromatic N) is 1. The number of hydrogen-bond donors (Lipinski definition) is 1. The number of carbonyl (C=O) groups excluding carboxylic acids is 1. The van der Waals surface area contributed by atoms with Gasteiger partial charge in [0.2, 0.25) is 0 Å². The molecule has 2 N–H and O–H groups in total. The van der Waals surface area contributed by atoms with Gasteiger partial charge in [-0.1, -0.05) is 12.1 Å². The predicted octanol–water partition coefficient (Wildman–Crippen LogP) is -0.186. The summed E-state index contributed by atoms with van der Waals surface area (Å²) in [6.07, 6.45) is 0.248. The van der Waals surface area contributed by atoms with Gasteiger partial charge in [0.1, 0.15) is 0 Å². The Kier molecular flexibility index (Phi) is 5.42. The molecule has 0 aliphatic rings. The number of amides is 1. The van der Waals surface area contributed by atoms with Crippen LogP contribution in [0.5, 0.6) is 0 Å². The van der Waals surface area contributed by atoms with E-state index in [0.29, 0.717) is 5.56 Å². The van der Waals surface area contributed by atoms with E-state index >= 15 is 0 Å². The Bertz CT molecular complexity index is 452. The van der Waals surface area contributed by atoms with Gasteiger partial charge in [-0.3, -0.25) is 13.8 Å². The van der Waals surface area contributed by atoms with Crippen LogP contribution in [0, 0.1) is 0 Å². The molecule has 6 nitrogen and oxygen atoms in total. The highest BCUT2D eigenvalue weighted by molar-refractivity contribution is 7.79. The van der Waals surface area contributed by atoms with E-state index in [1.54, 1.807) is 12.1 Å². The van der Waals surface area contributed by atoms with E-state index in [-0.39, 0.29) is 17.2 Å². The zero-order chi connectivity index (χ0) is 13.7. The van der Waals surface area contributed by atoms with Gasteiger partial charge in [-0.05, 0) is 35.2 Å². The second-order valence-corrected chi connectivity index (χ2v) is 4.65. The molecule has 2 unspecified atom stereocenters. The van der Waals surface area contributed by atoms with E-state index in [1.807, 2.05) is 0 Å². The highest BCUT2D eigenvalue weighted by Gasteiger charge is 2.18. The second kappa shape index (κ2) is 6.60. The molecule has 0 spiro atoms. The number of hydroxylamine groups is 2. The lowest BCUT2D eigenvalue weighted by Gasteiger charge is -2.18. The maximum Gasteiger partial charge on any atom is 0.263 e. The molecule has 0 aliphatic heterocycles. The van der Waals surface area contributed by atoms with Crippen LogP contribution in [0.4, 0.5) is 0 Å². The summed E-state index contributed by atoms with van der Waals surface area (Å²) in [5.74, 6) is -0.369. The Balaban J connectivity index is 2.75. The fourth-order valence-corrected chi connectivity index (χ4v) is 1.88. The molecule has 7 heteroatoms. The van der Waals surface area contributed by atoms with Crippen LogP contribution in [-0.2, 0) is 27.1 Å². The minimum Gasteiger partial charge on any atom is -0.768 e. The first-order chi connectivity index (χ1) is 8.45. The van der Waals surface area contributed by atoms with Crippen LogP contribution in [0.3, 0.4) is 0 Å². The first-order valence-corrected chi connectivity index (χ1v) is 6.28. The Labute approximate surface area is 108 Å². The second-order valence-electron chi connectivity index (χ2n) is 3.71. The van der Waals surface area contributed by atoms with Gasteiger partial charge in [0.15, 0.2) is 0 Å². The van der Waals surface area contributed by atoms with Crippen molar-refractivity contribution in [3.8, 4) is 0 Å². The van der Waals surface area contributed by atoms with Crippen molar-refractivity contribution in [2.45, 2.75) is 17.4 Å². The van der Waals surface area contributed by atoms with E-state index in [1.165, 1.54) is 26.3 Å². The monoisotopic (exact) mass is 271 g/mol. The van der Waals surface area contributed by atoms with Crippen LogP contribution in [0.15, 0.2) is 29.2 Å². The van der Waals surface area contributed by atoms with Crippen LogP contribution in [-0.4, -0.2) is 39.9 Å². The number of likely N-dealkylation sites (N-methyl/N-ethyl adjacent to an activating group) is 1. The number of carbonyl (C=O) groups is 1. The molecule has 0 aliphatic carbocycles. The van der Waals surface area contributed by atoms with Crippen molar-refractivity contribution in [2.24, 2.45) is 5.73 Å². The fourth-order valence-electron chi connectivity index (χ4n) is 1.44. The third-order valence-electron chi connectivity index (χ3n) is 2.45. The highest BCUT2D eigenvalue weighted by Crippen LogP contribution is 2.10. The van der Waals surface area contributed by atoms with Crippen LogP contribution in [0.2, 0.25) is 0 Å². The number of rotatable bonds is 5. The zero-order valence-electron chi connectivity index (χ0n) is 10.2. The topological polar surface area (TPSA) is 95.7 Å². The summed E-state index contributed by atoms with van der Waals surface area (Å²) >= 11 is -2.29. The van der Waals surface area contributed by atoms with E-state index < -0.39 is 17.1 Å². The summed E-state index contributed by atoms with van der Waals surface area (Å²) in [4.78, 5) is 16.6. The molecule has 0 radical (unpaired) electrons. The molecular weight excluding hydrogens is 256 g/mol. The molecule has 0 fully saturated rings. The normalized spacial score (nSPS) is 14.0. The summed E-state index contributed by atoms with van der Waals surface area (Å²) in [5, 5.41) is 1.04. The average molecular weight is 271 g/mol. The fraction of sp³-hybridized carbons (Fsp3) is 0.364. The Morgan fingerprint density at radius 2 is 2.28 bits per heavy atom. The molecular formula is C11H15N2O4S-. The van der Waals surface area contributed by atoms with Crippen LogP contribution in [0.1, 0.15) is 5.56 Å². The van der Waals surface area contributed by atoms with Crippen molar-refractivity contribution in [3.63, 3.8) is 0 Å². The standard InChI is InChI=1S/C11H16N2O4S/c1-13(17-2)11(14)10(12)7-8-4-3-5-9(6-8)18(15)16/h3-6,10H,7,12H2,1-2H3,(H,15,16)/p-1. The molecule has 1 aromatic carbocycles. The Hall–Kier alpha value is -1.28. The molecule has 0 heterocycles. The lowest BCUT2D eigenvalue weighted by Crippen LogP contribution is -2.42. The van der Waals surface area contributed by atoms with Gasteiger partial charge in [0.05, 0.1) is 13.2 Å². The predicted molar refractivity (Wildman–Crippen MR) is 65.1 cm³/mol. The van der Waals surface area contributed by atoms with Crippen molar-refractivity contribution >= 4 is 17.0 Å². The lowest BCUT2D eigenvalue weighted by molar-refractivity contribution is -0.170. The molecule has 1 aromatic rings. The first-order valence-electron chi connectivity index (χ1n) is 5.21. The smallest absolute Gasteiger partial charge is 0.263 e.